The molecule has 1 aromatic rings. The van der Waals surface area contributed by atoms with Crippen molar-refractivity contribution in [3.63, 3.8) is 0 Å². The number of benzene rings is 1. The van der Waals surface area contributed by atoms with E-state index in [1.165, 1.54) is 8.61 Å². The maximum atomic E-state index is 12.3. The standard InChI is InChI=1S/C13H22N2O3S/c1-3-15(10-7-11-16)19(17,18)14(2)12-13-8-5-4-6-9-13/h4-6,8-9,16H,3,7,10-12H2,1-2H3. The van der Waals surface area contributed by atoms with Crippen LogP contribution in [0.4, 0.5) is 0 Å². The van der Waals surface area contributed by atoms with E-state index in [0.717, 1.165) is 5.56 Å². The number of aliphatic hydroxyl groups excluding tert-OH is 1. The molecule has 0 aliphatic rings. The summed E-state index contributed by atoms with van der Waals surface area (Å²) in [5.74, 6) is 0. The Bertz CT molecular complexity index is 462. The van der Waals surface area contributed by atoms with E-state index < -0.39 is 10.2 Å². The number of rotatable bonds is 8. The van der Waals surface area contributed by atoms with Gasteiger partial charge >= 0.3 is 0 Å². The van der Waals surface area contributed by atoms with Crippen LogP contribution in [0.3, 0.4) is 0 Å². The lowest BCUT2D eigenvalue weighted by Gasteiger charge is -2.26. The molecule has 0 unspecified atom stereocenters. The van der Waals surface area contributed by atoms with Gasteiger partial charge in [0.1, 0.15) is 0 Å². The molecule has 0 heterocycles. The monoisotopic (exact) mass is 286 g/mol. The van der Waals surface area contributed by atoms with E-state index in [4.69, 9.17) is 5.11 Å². The highest BCUT2D eigenvalue weighted by Crippen LogP contribution is 2.11. The summed E-state index contributed by atoms with van der Waals surface area (Å²) in [4.78, 5) is 0. The predicted molar refractivity (Wildman–Crippen MR) is 75.8 cm³/mol. The second kappa shape index (κ2) is 7.59. The number of hydrogen-bond donors (Lipinski definition) is 1. The van der Waals surface area contributed by atoms with Crippen LogP contribution in [0.1, 0.15) is 18.9 Å². The lowest BCUT2D eigenvalue weighted by atomic mass is 10.2. The zero-order valence-electron chi connectivity index (χ0n) is 11.5. The largest absolute Gasteiger partial charge is 0.396 e. The number of aliphatic hydroxyl groups is 1. The highest BCUT2D eigenvalue weighted by molar-refractivity contribution is 7.86. The Morgan fingerprint density at radius 3 is 2.37 bits per heavy atom. The molecular formula is C13H22N2O3S. The topological polar surface area (TPSA) is 60.9 Å². The third-order valence-electron chi connectivity index (χ3n) is 2.89. The minimum Gasteiger partial charge on any atom is -0.396 e. The molecule has 1 aromatic carbocycles. The highest BCUT2D eigenvalue weighted by Gasteiger charge is 2.25. The van der Waals surface area contributed by atoms with Crippen LogP contribution < -0.4 is 0 Å². The van der Waals surface area contributed by atoms with Crippen LogP contribution in [0.25, 0.3) is 0 Å². The third-order valence-corrected chi connectivity index (χ3v) is 4.90. The summed E-state index contributed by atoms with van der Waals surface area (Å²) in [6.45, 7) is 2.88. The Kier molecular flexibility index (Phi) is 6.44. The van der Waals surface area contributed by atoms with Crippen molar-refractivity contribution < 1.29 is 13.5 Å². The first-order chi connectivity index (χ1) is 9.02. The summed E-state index contributed by atoms with van der Waals surface area (Å²) in [5, 5.41) is 8.82. The molecule has 0 spiro atoms. The predicted octanol–water partition coefficient (Wildman–Crippen LogP) is 1.07. The van der Waals surface area contributed by atoms with Crippen molar-refractivity contribution >= 4 is 10.2 Å². The van der Waals surface area contributed by atoms with Gasteiger partial charge in [-0.25, -0.2) is 0 Å². The molecule has 0 bridgehead atoms. The van der Waals surface area contributed by atoms with Crippen molar-refractivity contribution in [1.82, 2.24) is 8.61 Å². The Hall–Kier alpha value is -0.950. The Balaban J connectivity index is 2.74. The molecule has 0 amide bonds. The van der Waals surface area contributed by atoms with Gasteiger partial charge in [-0.2, -0.15) is 17.0 Å². The van der Waals surface area contributed by atoms with Crippen molar-refractivity contribution in [2.24, 2.45) is 0 Å². The average Bonchev–Trinajstić information content (AvgIpc) is 2.40. The van der Waals surface area contributed by atoms with E-state index in [0.29, 0.717) is 26.1 Å². The lowest BCUT2D eigenvalue weighted by Crippen LogP contribution is -2.42. The first kappa shape index (κ1) is 16.1. The summed E-state index contributed by atoms with van der Waals surface area (Å²) < 4.78 is 27.4. The summed E-state index contributed by atoms with van der Waals surface area (Å²) in [6.07, 6.45) is 0.451. The molecule has 0 radical (unpaired) electrons. The highest BCUT2D eigenvalue weighted by atomic mass is 32.2. The molecule has 108 valence electrons. The first-order valence-corrected chi connectivity index (χ1v) is 7.78. The van der Waals surface area contributed by atoms with Gasteiger partial charge in [0.2, 0.25) is 0 Å². The van der Waals surface area contributed by atoms with Crippen LogP contribution in [-0.4, -0.2) is 48.9 Å². The summed E-state index contributed by atoms with van der Waals surface area (Å²) >= 11 is 0. The smallest absolute Gasteiger partial charge is 0.282 e. The van der Waals surface area contributed by atoms with E-state index in [1.807, 2.05) is 30.3 Å². The van der Waals surface area contributed by atoms with Gasteiger partial charge in [0, 0.05) is 33.3 Å². The molecule has 0 saturated heterocycles. The maximum absolute atomic E-state index is 12.3. The van der Waals surface area contributed by atoms with Crippen LogP contribution in [0.5, 0.6) is 0 Å². The summed E-state index contributed by atoms with van der Waals surface area (Å²) in [6, 6.07) is 9.47. The lowest BCUT2D eigenvalue weighted by molar-refractivity contribution is 0.266. The Morgan fingerprint density at radius 1 is 1.21 bits per heavy atom. The minimum atomic E-state index is -3.47. The fourth-order valence-corrected chi connectivity index (χ4v) is 3.20. The SMILES string of the molecule is CCN(CCCO)S(=O)(=O)N(C)Cc1ccccc1. The van der Waals surface area contributed by atoms with Gasteiger partial charge < -0.3 is 5.11 Å². The first-order valence-electron chi connectivity index (χ1n) is 6.38. The summed E-state index contributed by atoms with van der Waals surface area (Å²) in [5.41, 5.74) is 0.951. The van der Waals surface area contributed by atoms with Crippen molar-refractivity contribution in [1.29, 1.82) is 0 Å². The van der Waals surface area contributed by atoms with E-state index in [2.05, 4.69) is 0 Å². The number of nitrogens with zero attached hydrogens (tertiary/aromatic N) is 2. The summed E-state index contributed by atoms with van der Waals surface area (Å²) in [7, 11) is -1.89. The molecule has 6 heteroatoms. The van der Waals surface area contributed by atoms with Gasteiger partial charge in [-0.05, 0) is 12.0 Å². The van der Waals surface area contributed by atoms with E-state index in [1.54, 1.807) is 14.0 Å². The van der Waals surface area contributed by atoms with Gasteiger partial charge in [-0.1, -0.05) is 37.3 Å². The second-order valence-electron chi connectivity index (χ2n) is 4.32. The van der Waals surface area contributed by atoms with Crippen molar-refractivity contribution in [3.8, 4) is 0 Å². The molecule has 19 heavy (non-hydrogen) atoms. The molecule has 1 N–H and O–H groups in total. The van der Waals surface area contributed by atoms with Crippen LogP contribution >= 0.6 is 0 Å². The zero-order valence-corrected chi connectivity index (χ0v) is 12.3. The van der Waals surface area contributed by atoms with Gasteiger partial charge in [0.25, 0.3) is 10.2 Å². The fraction of sp³-hybridized carbons (Fsp3) is 0.538. The fourth-order valence-electron chi connectivity index (χ4n) is 1.80. The average molecular weight is 286 g/mol. The van der Waals surface area contributed by atoms with E-state index in [-0.39, 0.29) is 6.61 Å². The molecule has 1 rings (SSSR count). The van der Waals surface area contributed by atoms with Crippen LogP contribution in [0, 0.1) is 0 Å². The molecule has 0 aliphatic carbocycles. The quantitative estimate of drug-likeness (QED) is 0.777. The Labute approximate surface area is 115 Å². The van der Waals surface area contributed by atoms with Gasteiger partial charge in [0.15, 0.2) is 0 Å². The van der Waals surface area contributed by atoms with Gasteiger partial charge in [-0.3, -0.25) is 0 Å². The van der Waals surface area contributed by atoms with E-state index >= 15 is 0 Å². The normalized spacial score (nSPS) is 12.3. The third kappa shape index (κ3) is 4.58. The van der Waals surface area contributed by atoms with E-state index in [9.17, 15) is 8.42 Å². The minimum absolute atomic E-state index is 0.00554. The van der Waals surface area contributed by atoms with Gasteiger partial charge in [-0.15, -0.1) is 0 Å². The molecular weight excluding hydrogens is 264 g/mol. The van der Waals surface area contributed by atoms with Gasteiger partial charge in [0.05, 0.1) is 0 Å². The van der Waals surface area contributed by atoms with Crippen molar-refractivity contribution in [3.05, 3.63) is 35.9 Å². The molecule has 0 fully saturated rings. The molecule has 0 saturated carbocycles. The van der Waals surface area contributed by atoms with Crippen molar-refractivity contribution in [2.45, 2.75) is 19.9 Å². The maximum Gasteiger partial charge on any atom is 0.282 e. The van der Waals surface area contributed by atoms with Crippen LogP contribution in [0.15, 0.2) is 30.3 Å². The van der Waals surface area contributed by atoms with Crippen LogP contribution in [-0.2, 0) is 16.8 Å². The molecule has 0 atom stereocenters. The Morgan fingerprint density at radius 2 is 1.84 bits per heavy atom. The van der Waals surface area contributed by atoms with Crippen molar-refractivity contribution in [2.75, 3.05) is 26.7 Å². The number of hydrogen-bond acceptors (Lipinski definition) is 3. The molecule has 0 aliphatic heterocycles. The second-order valence-corrected chi connectivity index (χ2v) is 6.35. The van der Waals surface area contributed by atoms with Crippen LogP contribution in [0.2, 0.25) is 0 Å². The zero-order chi connectivity index (χ0) is 14.3. The molecule has 5 nitrogen and oxygen atoms in total. The molecule has 0 aromatic heterocycles.